The van der Waals surface area contributed by atoms with Crippen molar-refractivity contribution in [2.75, 3.05) is 6.61 Å². The number of ether oxygens (including phenoxy) is 2. The van der Waals surface area contributed by atoms with Crippen LogP contribution in [0.5, 0.6) is 11.5 Å². The van der Waals surface area contributed by atoms with Crippen LogP contribution in [0.3, 0.4) is 0 Å². The van der Waals surface area contributed by atoms with Crippen molar-refractivity contribution >= 4 is 6.47 Å². The molecule has 0 spiro atoms. The van der Waals surface area contributed by atoms with E-state index >= 15 is 0 Å². The molecule has 0 aliphatic rings. The van der Waals surface area contributed by atoms with Crippen molar-refractivity contribution in [3.05, 3.63) is 24.3 Å². The molecule has 1 aromatic carbocycles. The first-order valence-corrected chi connectivity index (χ1v) is 7.13. The lowest BCUT2D eigenvalue weighted by atomic mass is 10.1. The molecule has 3 heteroatoms. The van der Waals surface area contributed by atoms with E-state index in [0.717, 1.165) is 18.8 Å². The summed E-state index contributed by atoms with van der Waals surface area (Å²) in [6.45, 7) is 4.37. The Morgan fingerprint density at radius 3 is 2.11 bits per heavy atom. The maximum atomic E-state index is 10.0. The quantitative estimate of drug-likeness (QED) is 0.559. The molecule has 0 heterocycles. The average Bonchev–Trinajstić information content (AvgIpc) is 2.44. The Bertz CT molecular complexity index is 332. The van der Waals surface area contributed by atoms with Gasteiger partial charge in [0, 0.05) is 0 Å². The van der Waals surface area contributed by atoms with E-state index in [2.05, 4.69) is 11.7 Å². The van der Waals surface area contributed by atoms with Crippen LogP contribution in [0.4, 0.5) is 0 Å². The van der Waals surface area contributed by atoms with Crippen LogP contribution in [-0.2, 0) is 4.79 Å². The summed E-state index contributed by atoms with van der Waals surface area (Å²) in [6, 6.07) is 7.00. The van der Waals surface area contributed by atoms with Crippen molar-refractivity contribution in [1.29, 1.82) is 0 Å². The monoisotopic (exact) mass is 263 g/mol. The highest BCUT2D eigenvalue weighted by molar-refractivity contribution is 5.46. The smallest absolute Gasteiger partial charge is 0.423 e. The lowest BCUT2D eigenvalue weighted by Gasteiger charge is -2.06. The van der Waals surface area contributed by atoms with E-state index < -0.39 is 0 Å². The van der Waals surface area contributed by atoms with Crippen molar-refractivity contribution in [3.8, 4) is 11.5 Å². The van der Waals surface area contributed by atoms with Crippen LogP contribution >= 0.6 is 0 Å². The van der Waals surface area contributed by atoms with Crippen LogP contribution in [-0.4, -0.2) is 13.1 Å². The third kappa shape index (κ3) is 7.50. The van der Waals surface area contributed by atoms with Gasteiger partial charge < -0.3 is 9.47 Å². The Hall–Kier alpha value is -1.51. The zero-order valence-electron chi connectivity index (χ0n) is 11.7. The summed E-state index contributed by atoms with van der Waals surface area (Å²) >= 11 is 0. The fraction of sp³-hybridized carbons (Fsp3) is 0.562. The molecule has 0 atom stereocenters. The fourth-order valence-corrected chi connectivity index (χ4v) is 1.90. The standard InChI is InChI=1S/C16H23O3/c1-2-3-4-5-6-7-8-13-18-15-9-11-16(12-10-15)19-14-17/h9-12H,2-8,13H2,1H3. The van der Waals surface area contributed by atoms with Gasteiger partial charge in [0.15, 0.2) is 0 Å². The zero-order chi connectivity index (χ0) is 13.8. The van der Waals surface area contributed by atoms with Crippen molar-refractivity contribution in [3.63, 3.8) is 0 Å². The fourth-order valence-electron chi connectivity index (χ4n) is 1.90. The lowest BCUT2D eigenvalue weighted by Crippen LogP contribution is -1.97. The molecule has 0 bridgehead atoms. The molecule has 0 unspecified atom stereocenters. The molecule has 0 saturated carbocycles. The Kier molecular flexibility index (Phi) is 8.52. The number of benzene rings is 1. The van der Waals surface area contributed by atoms with Gasteiger partial charge in [0.2, 0.25) is 0 Å². The van der Waals surface area contributed by atoms with E-state index in [-0.39, 0.29) is 0 Å². The van der Waals surface area contributed by atoms with Crippen molar-refractivity contribution in [2.45, 2.75) is 51.9 Å². The molecule has 0 aliphatic heterocycles. The summed E-state index contributed by atoms with van der Waals surface area (Å²) < 4.78 is 10.2. The maximum absolute atomic E-state index is 10.0. The highest BCUT2D eigenvalue weighted by atomic mass is 16.5. The Labute approximate surface area is 115 Å². The summed E-state index contributed by atoms with van der Waals surface area (Å²) in [5.74, 6) is 1.29. The van der Waals surface area contributed by atoms with Crippen LogP contribution in [0, 0.1) is 0 Å². The number of hydrogen-bond donors (Lipinski definition) is 0. The summed E-state index contributed by atoms with van der Waals surface area (Å²) in [5.41, 5.74) is 0. The molecule has 0 N–H and O–H groups in total. The van der Waals surface area contributed by atoms with E-state index in [1.807, 2.05) is 0 Å². The first-order valence-electron chi connectivity index (χ1n) is 7.13. The average molecular weight is 263 g/mol. The van der Waals surface area contributed by atoms with Crippen LogP contribution in [0.1, 0.15) is 51.9 Å². The van der Waals surface area contributed by atoms with E-state index in [0.29, 0.717) is 5.75 Å². The second kappa shape index (κ2) is 10.4. The van der Waals surface area contributed by atoms with Crippen molar-refractivity contribution in [2.24, 2.45) is 0 Å². The van der Waals surface area contributed by atoms with E-state index in [1.54, 1.807) is 24.3 Å². The molecule has 1 aromatic rings. The van der Waals surface area contributed by atoms with Gasteiger partial charge in [-0.15, -0.1) is 0 Å². The molecular weight excluding hydrogens is 240 g/mol. The van der Waals surface area contributed by atoms with Gasteiger partial charge in [-0.25, -0.2) is 4.79 Å². The molecule has 0 saturated heterocycles. The predicted molar refractivity (Wildman–Crippen MR) is 76.3 cm³/mol. The van der Waals surface area contributed by atoms with Gasteiger partial charge in [-0.1, -0.05) is 45.4 Å². The summed E-state index contributed by atoms with van der Waals surface area (Å²) in [7, 11) is 0. The van der Waals surface area contributed by atoms with Gasteiger partial charge in [0.05, 0.1) is 6.61 Å². The number of hydrogen-bond acceptors (Lipinski definition) is 3. The molecule has 3 nitrogen and oxygen atoms in total. The van der Waals surface area contributed by atoms with Crippen LogP contribution < -0.4 is 9.47 Å². The van der Waals surface area contributed by atoms with Gasteiger partial charge >= 0.3 is 6.47 Å². The minimum atomic E-state index is 0.485. The number of carbonyl (C=O) groups excluding carboxylic acids is 1. The second-order valence-electron chi connectivity index (χ2n) is 4.63. The van der Waals surface area contributed by atoms with Crippen LogP contribution in [0.15, 0.2) is 24.3 Å². The normalized spacial score (nSPS) is 10.2. The molecule has 0 fully saturated rings. The predicted octanol–water partition coefficient (Wildman–Crippen LogP) is 4.26. The Balaban J connectivity index is 2.04. The Morgan fingerprint density at radius 2 is 1.47 bits per heavy atom. The molecule has 1 rings (SSSR count). The molecule has 1 radical (unpaired) electrons. The van der Waals surface area contributed by atoms with Crippen molar-refractivity contribution < 1.29 is 14.3 Å². The summed E-state index contributed by atoms with van der Waals surface area (Å²) in [5, 5.41) is 0. The highest BCUT2D eigenvalue weighted by Crippen LogP contribution is 2.17. The lowest BCUT2D eigenvalue weighted by molar-refractivity contribution is 0.304. The largest absolute Gasteiger partial charge is 0.494 e. The van der Waals surface area contributed by atoms with Crippen LogP contribution in [0.2, 0.25) is 0 Å². The Morgan fingerprint density at radius 1 is 0.895 bits per heavy atom. The van der Waals surface area contributed by atoms with Gasteiger partial charge in [0.1, 0.15) is 11.5 Å². The van der Waals surface area contributed by atoms with Gasteiger partial charge in [-0.2, -0.15) is 0 Å². The van der Waals surface area contributed by atoms with Gasteiger partial charge in [-0.05, 0) is 30.7 Å². The van der Waals surface area contributed by atoms with Gasteiger partial charge in [-0.3, -0.25) is 0 Å². The summed E-state index contributed by atoms with van der Waals surface area (Å²) in [4.78, 5) is 10.0. The molecule has 0 amide bonds. The minimum Gasteiger partial charge on any atom is -0.494 e. The molecule has 0 aliphatic carbocycles. The highest BCUT2D eigenvalue weighted by Gasteiger charge is 1.97. The van der Waals surface area contributed by atoms with E-state index in [1.165, 1.54) is 45.0 Å². The second-order valence-corrected chi connectivity index (χ2v) is 4.63. The molecule has 19 heavy (non-hydrogen) atoms. The maximum Gasteiger partial charge on any atom is 0.423 e. The topological polar surface area (TPSA) is 35.5 Å². The van der Waals surface area contributed by atoms with Crippen LogP contribution in [0.25, 0.3) is 0 Å². The third-order valence-electron chi connectivity index (χ3n) is 3.00. The molecule has 0 aromatic heterocycles. The first kappa shape index (κ1) is 15.5. The van der Waals surface area contributed by atoms with E-state index in [4.69, 9.17) is 4.74 Å². The number of unbranched alkanes of at least 4 members (excludes halogenated alkanes) is 6. The van der Waals surface area contributed by atoms with Crippen molar-refractivity contribution in [1.82, 2.24) is 0 Å². The third-order valence-corrected chi connectivity index (χ3v) is 3.00. The van der Waals surface area contributed by atoms with E-state index in [9.17, 15) is 4.79 Å². The summed E-state index contributed by atoms with van der Waals surface area (Å²) in [6.07, 6.45) is 8.95. The zero-order valence-corrected chi connectivity index (χ0v) is 11.7. The minimum absolute atomic E-state index is 0.485. The SMILES string of the molecule is CCCCCCCCCOc1ccc(O[C]=O)cc1. The number of rotatable bonds is 11. The molecule has 105 valence electrons. The first-order chi connectivity index (χ1) is 9.36. The molecular formula is C16H23O3. The van der Waals surface area contributed by atoms with Gasteiger partial charge in [0.25, 0.3) is 0 Å².